The minimum Gasteiger partial charge on any atom is -0.493 e. The topological polar surface area (TPSA) is 97.3 Å². The molecule has 0 fully saturated rings. The maximum absolute atomic E-state index is 13.4. The monoisotopic (exact) mass is 523 g/mol. The molecule has 3 aliphatic rings. The van der Waals surface area contributed by atoms with E-state index in [1.807, 2.05) is 19.1 Å². The predicted molar refractivity (Wildman–Crippen MR) is 141 cm³/mol. The van der Waals surface area contributed by atoms with Crippen LogP contribution in [-0.4, -0.2) is 45.6 Å². The van der Waals surface area contributed by atoms with E-state index in [4.69, 9.17) is 9.47 Å². The largest absolute Gasteiger partial charge is 0.493 e. The number of ether oxygens (including phenoxy) is 2. The summed E-state index contributed by atoms with van der Waals surface area (Å²) in [6.07, 6.45) is 2.33. The van der Waals surface area contributed by atoms with Crippen LogP contribution in [0.4, 0.5) is 0 Å². The second-order valence-corrected chi connectivity index (χ2v) is 12.5. The normalized spacial score (nSPS) is 21.8. The molecular formula is C28H33N3O5S. The molecule has 9 heteroatoms. The highest BCUT2D eigenvalue weighted by Gasteiger charge is 2.44. The van der Waals surface area contributed by atoms with Crippen LogP contribution in [0.1, 0.15) is 55.8 Å². The number of carbonyl (C=O) groups excluding carboxylic acids is 1. The fourth-order valence-electron chi connectivity index (χ4n) is 5.70. The molecular weight excluding hydrogens is 490 g/mol. The number of ketones is 1. The van der Waals surface area contributed by atoms with Crippen molar-refractivity contribution in [2.24, 2.45) is 10.5 Å². The zero-order chi connectivity index (χ0) is 26.5. The highest BCUT2D eigenvalue weighted by atomic mass is 32.2. The summed E-state index contributed by atoms with van der Waals surface area (Å²) in [6, 6.07) is 10.5. The molecule has 8 nitrogen and oxygen atoms in total. The van der Waals surface area contributed by atoms with Gasteiger partial charge in [-0.3, -0.25) is 4.79 Å². The number of benzene rings is 2. The summed E-state index contributed by atoms with van der Waals surface area (Å²) in [7, 11) is -0.650. The van der Waals surface area contributed by atoms with E-state index >= 15 is 0 Å². The number of carbonyl (C=O) groups is 1. The summed E-state index contributed by atoms with van der Waals surface area (Å²) in [5.41, 5.74) is 5.00. The minimum absolute atomic E-state index is 0.0103. The van der Waals surface area contributed by atoms with E-state index in [0.717, 1.165) is 41.8 Å². The van der Waals surface area contributed by atoms with Gasteiger partial charge in [-0.25, -0.2) is 0 Å². The molecule has 37 heavy (non-hydrogen) atoms. The molecule has 5 rings (SSSR count). The van der Waals surface area contributed by atoms with Crippen LogP contribution in [0.25, 0.3) is 0 Å². The summed E-state index contributed by atoms with van der Waals surface area (Å²) in [4.78, 5) is 18.3. The zero-order valence-electron chi connectivity index (χ0n) is 21.9. The van der Waals surface area contributed by atoms with Crippen molar-refractivity contribution >= 4 is 21.5 Å². The van der Waals surface area contributed by atoms with Gasteiger partial charge in [0.1, 0.15) is 0 Å². The number of rotatable bonds is 5. The molecule has 2 aromatic carbocycles. The molecule has 2 aliphatic heterocycles. The number of Topliss-reactive ketones (excluding diaryl/α,β-unsaturated/α-hetero) is 1. The van der Waals surface area contributed by atoms with Gasteiger partial charge in [0.25, 0.3) is 10.0 Å². The Morgan fingerprint density at radius 2 is 1.73 bits per heavy atom. The van der Waals surface area contributed by atoms with E-state index in [2.05, 4.69) is 28.7 Å². The molecule has 0 amide bonds. The van der Waals surface area contributed by atoms with E-state index in [0.29, 0.717) is 35.6 Å². The standard InChI is InChI=1S/C28H33N3O5S/c1-17-6-8-19(9-7-17)37(33,34)30-29-21-14-22-20-13-26(36-5)25(35-4)12-18(20)10-11-31(22)23-15-28(2,3)16-24(32)27(21)23/h6-9,12-13,22,30H,10-11,14-16H2,1-5H3/b29-21+/t22-/m1/s1. The lowest BCUT2D eigenvalue weighted by molar-refractivity contribution is -0.118. The Labute approximate surface area is 218 Å². The number of hydrazone groups is 1. The molecule has 1 atom stereocenters. The summed E-state index contributed by atoms with van der Waals surface area (Å²) in [6.45, 7) is 6.86. The first-order valence-electron chi connectivity index (χ1n) is 12.5. The third-order valence-electron chi connectivity index (χ3n) is 7.51. The van der Waals surface area contributed by atoms with Gasteiger partial charge in [-0.15, -0.1) is 0 Å². The third-order valence-corrected chi connectivity index (χ3v) is 8.73. The first-order valence-corrected chi connectivity index (χ1v) is 13.9. The van der Waals surface area contributed by atoms with Crippen molar-refractivity contribution in [2.45, 2.75) is 57.4 Å². The van der Waals surface area contributed by atoms with Gasteiger partial charge < -0.3 is 14.4 Å². The lowest BCUT2D eigenvalue weighted by Crippen LogP contribution is -2.46. The molecule has 0 aromatic heterocycles. The highest BCUT2D eigenvalue weighted by molar-refractivity contribution is 7.89. The summed E-state index contributed by atoms with van der Waals surface area (Å²) < 4.78 is 37.1. The van der Waals surface area contributed by atoms with Crippen molar-refractivity contribution in [1.29, 1.82) is 0 Å². The quantitative estimate of drug-likeness (QED) is 0.587. The Morgan fingerprint density at radius 3 is 2.41 bits per heavy atom. The van der Waals surface area contributed by atoms with Gasteiger partial charge in [0.2, 0.25) is 0 Å². The predicted octanol–water partition coefficient (Wildman–Crippen LogP) is 4.29. The first-order chi connectivity index (χ1) is 17.5. The van der Waals surface area contributed by atoms with Crippen LogP contribution in [0.2, 0.25) is 0 Å². The molecule has 196 valence electrons. The molecule has 0 bridgehead atoms. The molecule has 0 saturated heterocycles. The number of methoxy groups -OCH3 is 2. The highest BCUT2D eigenvalue weighted by Crippen LogP contribution is 2.49. The SMILES string of the molecule is COc1cc2c(cc1OC)[C@H]1C/C(=N\NS(=O)(=O)c3ccc(C)cc3)C3=C(CC(C)(C)CC3=O)N1CC2. The van der Waals surface area contributed by atoms with Gasteiger partial charge in [-0.2, -0.15) is 18.4 Å². The van der Waals surface area contributed by atoms with E-state index in [-0.39, 0.29) is 22.1 Å². The van der Waals surface area contributed by atoms with E-state index in [1.54, 1.807) is 38.5 Å². The average Bonchev–Trinajstić information content (AvgIpc) is 2.85. The summed E-state index contributed by atoms with van der Waals surface area (Å²) in [5.74, 6) is 1.33. The van der Waals surface area contributed by atoms with Crippen LogP contribution < -0.4 is 14.3 Å². The zero-order valence-corrected chi connectivity index (χ0v) is 22.7. The minimum atomic E-state index is -3.89. The number of allylic oxidation sites excluding steroid dienone is 2. The molecule has 0 saturated carbocycles. The van der Waals surface area contributed by atoms with Gasteiger partial charge in [0.05, 0.1) is 36.4 Å². The van der Waals surface area contributed by atoms with Crippen molar-refractivity contribution in [3.63, 3.8) is 0 Å². The fraction of sp³-hybridized carbons (Fsp3) is 0.429. The van der Waals surface area contributed by atoms with Crippen molar-refractivity contribution in [1.82, 2.24) is 9.73 Å². The number of hydrogen-bond acceptors (Lipinski definition) is 7. The molecule has 0 radical (unpaired) electrons. The molecule has 0 spiro atoms. The molecule has 2 aromatic rings. The Balaban J connectivity index is 1.59. The number of aryl methyl sites for hydroxylation is 1. The Hall–Kier alpha value is -3.33. The van der Waals surface area contributed by atoms with Gasteiger partial charge in [0, 0.05) is 25.1 Å². The van der Waals surface area contributed by atoms with Gasteiger partial charge in [-0.1, -0.05) is 31.5 Å². The van der Waals surface area contributed by atoms with E-state index in [1.165, 1.54) is 0 Å². The Morgan fingerprint density at radius 1 is 1.05 bits per heavy atom. The van der Waals surface area contributed by atoms with Crippen LogP contribution in [0.5, 0.6) is 11.5 Å². The van der Waals surface area contributed by atoms with Gasteiger partial charge in [-0.05, 0) is 60.6 Å². The number of fused-ring (bicyclic) bond motifs is 4. The number of hydrogen-bond donors (Lipinski definition) is 1. The summed E-state index contributed by atoms with van der Waals surface area (Å²) >= 11 is 0. The van der Waals surface area contributed by atoms with Crippen LogP contribution in [0.3, 0.4) is 0 Å². The van der Waals surface area contributed by atoms with Crippen molar-refractivity contribution in [2.75, 3.05) is 20.8 Å². The maximum atomic E-state index is 13.4. The lowest BCUT2D eigenvalue weighted by atomic mass is 9.71. The second kappa shape index (κ2) is 9.20. The molecule has 1 N–H and O–H groups in total. The van der Waals surface area contributed by atoms with Crippen molar-refractivity contribution < 1.29 is 22.7 Å². The number of sulfonamides is 1. The first kappa shape index (κ1) is 25.3. The molecule has 0 unspecified atom stereocenters. The maximum Gasteiger partial charge on any atom is 0.276 e. The number of nitrogens with one attached hydrogen (secondary N) is 1. The smallest absolute Gasteiger partial charge is 0.276 e. The van der Waals surface area contributed by atoms with Crippen molar-refractivity contribution in [3.05, 3.63) is 64.4 Å². The van der Waals surface area contributed by atoms with E-state index < -0.39 is 10.0 Å². The van der Waals surface area contributed by atoms with Gasteiger partial charge >= 0.3 is 0 Å². The second-order valence-electron chi connectivity index (χ2n) is 10.8. The van der Waals surface area contributed by atoms with Crippen LogP contribution >= 0.6 is 0 Å². The Bertz CT molecular complexity index is 1420. The van der Waals surface area contributed by atoms with Crippen LogP contribution in [-0.2, 0) is 21.2 Å². The summed E-state index contributed by atoms with van der Waals surface area (Å²) in [5, 5.41) is 4.39. The molecule has 1 aliphatic carbocycles. The van der Waals surface area contributed by atoms with Crippen LogP contribution in [0, 0.1) is 12.3 Å². The van der Waals surface area contributed by atoms with E-state index in [9.17, 15) is 13.2 Å². The third kappa shape index (κ3) is 4.61. The molecule has 2 heterocycles. The lowest BCUT2D eigenvalue weighted by Gasteiger charge is -2.48. The average molecular weight is 524 g/mol. The van der Waals surface area contributed by atoms with Crippen LogP contribution in [0.15, 0.2) is 57.7 Å². The number of nitrogens with zero attached hydrogens (tertiary/aromatic N) is 2. The fourth-order valence-corrected chi connectivity index (χ4v) is 6.53. The van der Waals surface area contributed by atoms with Gasteiger partial charge in [0.15, 0.2) is 17.3 Å². The Kier molecular flexibility index (Phi) is 6.30. The van der Waals surface area contributed by atoms with Crippen molar-refractivity contribution in [3.8, 4) is 11.5 Å².